The summed E-state index contributed by atoms with van der Waals surface area (Å²) < 4.78 is 0.940. The molecule has 0 aliphatic carbocycles. The molecule has 1 aliphatic heterocycles. The number of primary amides is 1. The number of amides is 1. The predicted molar refractivity (Wildman–Crippen MR) is 96.2 cm³/mol. The van der Waals surface area contributed by atoms with Gasteiger partial charge in [0.25, 0.3) is 5.91 Å². The van der Waals surface area contributed by atoms with Gasteiger partial charge in [0.1, 0.15) is 5.82 Å². The molecule has 2 aromatic rings. The van der Waals surface area contributed by atoms with Gasteiger partial charge in [0.2, 0.25) is 5.82 Å². The molecule has 126 valence electrons. The molecule has 1 aliphatic rings. The van der Waals surface area contributed by atoms with E-state index in [1.165, 1.54) is 0 Å². The highest BCUT2D eigenvalue weighted by molar-refractivity contribution is 9.10. The molecule has 1 fully saturated rings. The normalized spacial score (nSPS) is 17.1. The van der Waals surface area contributed by atoms with Crippen molar-refractivity contribution in [2.45, 2.75) is 26.3 Å². The summed E-state index contributed by atoms with van der Waals surface area (Å²) >= 11 is 3.43. The van der Waals surface area contributed by atoms with Crippen LogP contribution in [0.5, 0.6) is 0 Å². The minimum absolute atomic E-state index is 0.0701. The Kier molecular flexibility index (Phi) is 4.66. The highest BCUT2D eigenvalue weighted by atomic mass is 79.9. The van der Waals surface area contributed by atoms with E-state index in [4.69, 9.17) is 5.73 Å². The highest BCUT2D eigenvalue weighted by Gasteiger charge is 2.26. The van der Waals surface area contributed by atoms with Gasteiger partial charge in [-0.15, -0.1) is 0 Å². The second-order valence-corrected chi connectivity index (χ2v) is 6.83. The molecular weight excluding hydrogens is 372 g/mol. The Morgan fingerprint density at radius 2 is 2.17 bits per heavy atom. The van der Waals surface area contributed by atoms with Crippen molar-refractivity contribution >= 4 is 33.3 Å². The first-order chi connectivity index (χ1) is 11.4. The fourth-order valence-electron chi connectivity index (χ4n) is 2.83. The molecule has 7 nitrogen and oxygen atoms in total. The third-order valence-corrected chi connectivity index (χ3v) is 4.58. The van der Waals surface area contributed by atoms with Crippen LogP contribution in [0.4, 0.5) is 11.5 Å². The van der Waals surface area contributed by atoms with Gasteiger partial charge in [-0.05, 0) is 42.3 Å². The van der Waals surface area contributed by atoms with Crippen molar-refractivity contribution in [2.24, 2.45) is 5.73 Å². The first-order valence-electron chi connectivity index (χ1n) is 7.71. The third-order valence-electron chi connectivity index (χ3n) is 4.15. The molecule has 24 heavy (non-hydrogen) atoms. The molecule has 0 bridgehead atoms. The van der Waals surface area contributed by atoms with Gasteiger partial charge in [0.15, 0.2) is 0 Å². The Bertz CT molecular complexity index is 781. The van der Waals surface area contributed by atoms with Gasteiger partial charge < -0.3 is 16.0 Å². The number of nitrogens with two attached hydrogens (primary N) is 1. The monoisotopic (exact) mass is 390 g/mol. The molecule has 8 heteroatoms. The standard InChI is InChI=1S/C16H19BrN6O/c1-9-10(2)20-15(14(18)24)22-16(9)23-4-3-12(8-23)21-13-5-11(17)6-19-7-13/h5-7,12,21H,3-4,8H2,1-2H3,(H2,18,24)/t12-/m1/s1. The zero-order chi connectivity index (χ0) is 17.3. The van der Waals surface area contributed by atoms with E-state index >= 15 is 0 Å². The number of aromatic nitrogens is 3. The minimum Gasteiger partial charge on any atom is -0.379 e. The molecule has 3 heterocycles. The van der Waals surface area contributed by atoms with Crippen molar-refractivity contribution in [2.75, 3.05) is 23.3 Å². The second kappa shape index (κ2) is 6.72. The van der Waals surface area contributed by atoms with Crippen molar-refractivity contribution in [1.29, 1.82) is 0 Å². The fraction of sp³-hybridized carbons (Fsp3) is 0.375. The molecule has 0 unspecified atom stereocenters. The molecule has 1 saturated heterocycles. The molecule has 0 aromatic carbocycles. The van der Waals surface area contributed by atoms with Crippen LogP contribution < -0.4 is 16.0 Å². The lowest BCUT2D eigenvalue weighted by atomic mass is 10.2. The number of anilines is 2. The zero-order valence-electron chi connectivity index (χ0n) is 13.6. The van der Waals surface area contributed by atoms with E-state index in [-0.39, 0.29) is 11.9 Å². The molecular formula is C16H19BrN6O. The van der Waals surface area contributed by atoms with Gasteiger partial charge in [-0.1, -0.05) is 0 Å². The van der Waals surface area contributed by atoms with Crippen LogP contribution in [0, 0.1) is 13.8 Å². The van der Waals surface area contributed by atoms with E-state index < -0.39 is 5.91 Å². The van der Waals surface area contributed by atoms with Gasteiger partial charge in [0, 0.05) is 41.1 Å². The maximum absolute atomic E-state index is 11.4. The summed E-state index contributed by atoms with van der Waals surface area (Å²) in [4.78, 5) is 26.3. The van der Waals surface area contributed by atoms with Gasteiger partial charge >= 0.3 is 0 Å². The lowest BCUT2D eigenvalue weighted by Crippen LogP contribution is -2.28. The van der Waals surface area contributed by atoms with Gasteiger partial charge in [-0.3, -0.25) is 9.78 Å². The van der Waals surface area contributed by atoms with Gasteiger partial charge in [-0.25, -0.2) is 9.97 Å². The summed E-state index contributed by atoms with van der Waals surface area (Å²) in [5.74, 6) is 0.252. The van der Waals surface area contributed by atoms with Crippen LogP contribution >= 0.6 is 15.9 Å². The largest absolute Gasteiger partial charge is 0.379 e. The number of aryl methyl sites for hydroxylation is 1. The summed E-state index contributed by atoms with van der Waals surface area (Å²) in [6.07, 6.45) is 4.53. The highest BCUT2D eigenvalue weighted by Crippen LogP contribution is 2.25. The number of carbonyl (C=O) groups is 1. The summed E-state index contributed by atoms with van der Waals surface area (Å²) in [7, 11) is 0. The molecule has 0 spiro atoms. The van der Waals surface area contributed by atoms with Crippen molar-refractivity contribution in [3.05, 3.63) is 40.0 Å². The second-order valence-electron chi connectivity index (χ2n) is 5.91. The number of hydrogen-bond donors (Lipinski definition) is 2. The Morgan fingerprint density at radius 1 is 1.38 bits per heavy atom. The summed E-state index contributed by atoms with van der Waals surface area (Å²) in [5, 5.41) is 3.48. The maximum atomic E-state index is 11.4. The van der Waals surface area contributed by atoms with E-state index in [1.54, 1.807) is 12.4 Å². The first-order valence-corrected chi connectivity index (χ1v) is 8.50. The van der Waals surface area contributed by atoms with Crippen molar-refractivity contribution < 1.29 is 4.79 Å². The predicted octanol–water partition coefficient (Wildman–Crippen LogP) is 2.04. The van der Waals surface area contributed by atoms with Crippen LogP contribution in [-0.4, -0.2) is 40.0 Å². The lowest BCUT2D eigenvalue weighted by Gasteiger charge is -2.21. The summed E-state index contributed by atoms with van der Waals surface area (Å²) in [6, 6.07) is 2.29. The Hall–Kier alpha value is -2.22. The summed E-state index contributed by atoms with van der Waals surface area (Å²) in [6.45, 7) is 5.48. The van der Waals surface area contributed by atoms with Crippen LogP contribution in [0.3, 0.4) is 0 Å². The zero-order valence-corrected chi connectivity index (χ0v) is 15.2. The van der Waals surface area contributed by atoms with Crippen molar-refractivity contribution in [3.8, 4) is 0 Å². The number of rotatable bonds is 4. The number of carbonyl (C=O) groups excluding carboxylic acids is 1. The number of nitrogens with zero attached hydrogens (tertiary/aromatic N) is 4. The lowest BCUT2D eigenvalue weighted by molar-refractivity contribution is 0.0990. The average molecular weight is 391 g/mol. The van der Waals surface area contributed by atoms with Crippen LogP contribution in [-0.2, 0) is 0 Å². The van der Waals surface area contributed by atoms with Crippen molar-refractivity contribution in [1.82, 2.24) is 15.0 Å². The molecule has 0 radical (unpaired) electrons. The number of hydrogen-bond acceptors (Lipinski definition) is 6. The molecule has 3 rings (SSSR count). The number of halogens is 1. The van der Waals surface area contributed by atoms with E-state index in [0.29, 0.717) is 0 Å². The SMILES string of the molecule is Cc1nc(C(N)=O)nc(N2CC[C@@H](Nc3cncc(Br)c3)C2)c1C. The third kappa shape index (κ3) is 3.48. The van der Waals surface area contributed by atoms with Crippen molar-refractivity contribution in [3.63, 3.8) is 0 Å². The average Bonchev–Trinajstić information content (AvgIpc) is 2.98. The van der Waals surface area contributed by atoms with Crippen LogP contribution in [0.1, 0.15) is 28.3 Å². The molecule has 1 amide bonds. The Balaban J connectivity index is 1.77. The number of pyridine rings is 1. The van der Waals surface area contributed by atoms with E-state index in [0.717, 1.165) is 46.7 Å². The van der Waals surface area contributed by atoms with Gasteiger partial charge in [-0.2, -0.15) is 0 Å². The van der Waals surface area contributed by atoms with E-state index in [9.17, 15) is 4.79 Å². The smallest absolute Gasteiger partial charge is 0.286 e. The van der Waals surface area contributed by atoms with E-state index in [2.05, 4.69) is 41.1 Å². The minimum atomic E-state index is -0.603. The number of nitrogens with one attached hydrogen (secondary N) is 1. The topological polar surface area (TPSA) is 97.0 Å². The van der Waals surface area contributed by atoms with Crippen LogP contribution in [0.15, 0.2) is 22.9 Å². The van der Waals surface area contributed by atoms with E-state index in [1.807, 2.05) is 19.9 Å². The molecule has 1 atom stereocenters. The Morgan fingerprint density at radius 3 is 2.88 bits per heavy atom. The maximum Gasteiger partial charge on any atom is 0.286 e. The quantitative estimate of drug-likeness (QED) is 0.828. The Labute approximate surface area is 148 Å². The van der Waals surface area contributed by atoms with Crippen LogP contribution in [0.2, 0.25) is 0 Å². The molecule has 2 aromatic heterocycles. The van der Waals surface area contributed by atoms with Gasteiger partial charge in [0.05, 0.1) is 11.9 Å². The molecule has 0 saturated carbocycles. The molecule has 3 N–H and O–H groups in total. The fourth-order valence-corrected chi connectivity index (χ4v) is 3.19. The van der Waals surface area contributed by atoms with Crippen LogP contribution in [0.25, 0.3) is 0 Å². The first kappa shape index (κ1) is 16.6. The summed E-state index contributed by atoms with van der Waals surface area (Å²) in [5.41, 5.74) is 8.07.